The van der Waals surface area contributed by atoms with Crippen LogP contribution >= 0.6 is 0 Å². The van der Waals surface area contributed by atoms with E-state index in [4.69, 9.17) is 4.74 Å². The van der Waals surface area contributed by atoms with E-state index in [0.717, 1.165) is 31.4 Å². The van der Waals surface area contributed by atoms with Gasteiger partial charge in [-0.2, -0.15) is 9.97 Å². The van der Waals surface area contributed by atoms with Crippen LogP contribution in [0.5, 0.6) is 6.01 Å². The molecule has 5 rings (SSSR count). The van der Waals surface area contributed by atoms with Gasteiger partial charge in [0, 0.05) is 23.9 Å². The van der Waals surface area contributed by atoms with E-state index in [1.165, 1.54) is 25.8 Å². The third kappa shape index (κ3) is 3.80. The number of rotatable bonds is 6. The number of ether oxygens (including phenoxy) is 1. The Balaban J connectivity index is 1.60. The van der Waals surface area contributed by atoms with Gasteiger partial charge in [-0.05, 0) is 44.1 Å². The van der Waals surface area contributed by atoms with E-state index in [2.05, 4.69) is 24.8 Å². The molecule has 0 aliphatic carbocycles. The SMILES string of the molecule is COc1nc(C)c2nc(-c3cncc(F)c3)n(Cc3ccc(CN4CCC4)cc3F)c2n1. The van der Waals surface area contributed by atoms with E-state index in [9.17, 15) is 4.39 Å². The van der Waals surface area contributed by atoms with Gasteiger partial charge in [0.2, 0.25) is 0 Å². The molecule has 3 aromatic heterocycles. The number of aryl methyl sites for hydroxylation is 1. The Kier molecular flexibility index (Phi) is 5.26. The number of methoxy groups -OCH3 is 1. The van der Waals surface area contributed by atoms with Crippen molar-refractivity contribution in [3.05, 3.63) is 65.1 Å². The monoisotopic (exact) mass is 436 g/mol. The highest BCUT2D eigenvalue weighted by atomic mass is 19.1. The molecule has 1 saturated heterocycles. The normalized spacial score (nSPS) is 14.0. The number of likely N-dealkylation sites (tertiary alicyclic amines) is 1. The van der Waals surface area contributed by atoms with Gasteiger partial charge in [-0.25, -0.2) is 13.8 Å². The number of aromatic nitrogens is 5. The molecule has 0 amide bonds. The molecular formula is C23H22F2N6O. The van der Waals surface area contributed by atoms with Crippen LogP contribution in [0, 0.1) is 18.6 Å². The predicted octanol–water partition coefficient (Wildman–Crippen LogP) is 3.74. The van der Waals surface area contributed by atoms with Gasteiger partial charge < -0.3 is 9.30 Å². The van der Waals surface area contributed by atoms with Crippen LogP contribution in [0.4, 0.5) is 8.78 Å². The van der Waals surface area contributed by atoms with E-state index in [0.29, 0.717) is 33.8 Å². The van der Waals surface area contributed by atoms with Gasteiger partial charge in [0.25, 0.3) is 0 Å². The van der Waals surface area contributed by atoms with Crippen LogP contribution in [0.15, 0.2) is 36.7 Å². The first kappa shape index (κ1) is 20.4. The summed E-state index contributed by atoms with van der Waals surface area (Å²) in [5.41, 5.74) is 3.53. The van der Waals surface area contributed by atoms with E-state index in [1.807, 2.05) is 6.07 Å². The molecule has 1 aromatic carbocycles. The van der Waals surface area contributed by atoms with Crippen molar-refractivity contribution >= 4 is 11.2 Å². The van der Waals surface area contributed by atoms with Crippen molar-refractivity contribution in [2.24, 2.45) is 0 Å². The molecule has 0 bridgehead atoms. The van der Waals surface area contributed by atoms with Crippen molar-refractivity contribution in [2.75, 3.05) is 20.2 Å². The van der Waals surface area contributed by atoms with Crippen molar-refractivity contribution in [3.63, 3.8) is 0 Å². The first-order chi connectivity index (χ1) is 15.5. The minimum absolute atomic E-state index is 0.164. The van der Waals surface area contributed by atoms with Crippen LogP contribution in [0.3, 0.4) is 0 Å². The minimum Gasteiger partial charge on any atom is -0.467 e. The van der Waals surface area contributed by atoms with Crippen molar-refractivity contribution in [3.8, 4) is 17.4 Å². The fourth-order valence-electron chi connectivity index (χ4n) is 3.89. The molecule has 32 heavy (non-hydrogen) atoms. The summed E-state index contributed by atoms with van der Waals surface area (Å²) >= 11 is 0. The van der Waals surface area contributed by atoms with Gasteiger partial charge in [-0.15, -0.1) is 0 Å². The summed E-state index contributed by atoms with van der Waals surface area (Å²) in [6.07, 6.45) is 3.84. The van der Waals surface area contributed by atoms with Crippen LogP contribution < -0.4 is 4.74 Å². The first-order valence-electron chi connectivity index (χ1n) is 10.4. The summed E-state index contributed by atoms with van der Waals surface area (Å²) in [5.74, 6) is -0.351. The summed E-state index contributed by atoms with van der Waals surface area (Å²) in [7, 11) is 1.48. The first-order valence-corrected chi connectivity index (χ1v) is 10.4. The second-order valence-electron chi connectivity index (χ2n) is 7.94. The number of pyridine rings is 1. The second kappa shape index (κ2) is 8.23. The molecular weight excluding hydrogens is 414 g/mol. The molecule has 0 unspecified atom stereocenters. The molecule has 4 heterocycles. The lowest BCUT2D eigenvalue weighted by atomic mass is 10.1. The fraction of sp³-hybridized carbons (Fsp3) is 0.304. The van der Waals surface area contributed by atoms with Crippen molar-refractivity contribution in [2.45, 2.75) is 26.4 Å². The zero-order chi connectivity index (χ0) is 22.2. The Morgan fingerprint density at radius 1 is 1.03 bits per heavy atom. The standard InChI is InChI=1S/C23H22F2N6O/c1-14-20-22(29-23(27-14)32-2)31(21(28-20)17-9-18(24)11-26-10-17)13-16-5-4-15(8-19(16)25)12-30-6-3-7-30/h4-5,8-11H,3,6-7,12-13H2,1-2H3. The predicted molar refractivity (Wildman–Crippen MR) is 115 cm³/mol. The number of hydrogen-bond donors (Lipinski definition) is 0. The Hall–Kier alpha value is -3.46. The summed E-state index contributed by atoms with van der Waals surface area (Å²) in [6, 6.07) is 6.84. The highest BCUT2D eigenvalue weighted by Crippen LogP contribution is 2.28. The van der Waals surface area contributed by atoms with Gasteiger partial charge in [0.05, 0.1) is 25.5 Å². The van der Waals surface area contributed by atoms with Crippen LogP contribution in [0.2, 0.25) is 0 Å². The van der Waals surface area contributed by atoms with Gasteiger partial charge in [-0.3, -0.25) is 9.88 Å². The topological polar surface area (TPSA) is 69.0 Å². The summed E-state index contributed by atoms with van der Waals surface area (Å²) < 4.78 is 35.9. The zero-order valence-corrected chi connectivity index (χ0v) is 17.8. The van der Waals surface area contributed by atoms with E-state index in [-0.39, 0.29) is 18.4 Å². The van der Waals surface area contributed by atoms with Crippen molar-refractivity contribution in [1.29, 1.82) is 0 Å². The van der Waals surface area contributed by atoms with Crippen molar-refractivity contribution < 1.29 is 13.5 Å². The Labute approximate surface area is 183 Å². The number of nitrogens with zero attached hydrogens (tertiary/aromatic N) is 6. The Morgan fingerprint density at radius 2 is 1.88 bits per heavy atom. The molecule has 0 saturated carbocycles. The smallest absolute Gasteiger partial charge is 0.318 e. The summed E-state index contributed by atoms with van der Waals surface area (Å²) in [5, 5.41) is 0. The molecule has 4 aromatic rings. The van der Waals surface area contributed by atoms with Crippen LogP contribution in [0.25, 0.3) is 22.6 Å². The van der Waals surface area contributed by atoms with E-state index < -0.39 is 5.82 Å². The molecule has 9 heteroatoms. The number of imidazole rings is 1. The van der Waals surface area contributed by atoms with Gasteiger partial charge in [-0.1, -0.05) is 12.1 Å². The number of halogens is 2. The highest BCUT2D eigenvalue weighted by molar-refractivity contribution is 5.79. The van der Waals surface area contributed by atoms with E-state index in [1.54, 1.807) is 23.6 Å². The molecule has 0 spiro atoms. The largest absolute Gasteiger partial charge is 0.467 e. The quantitative estimate of drug-likeness (QED) is 0.459. The van der Waals surface area contributed by atoms with Crippen LogP contribution in [-0.2, 0) is 13.1 Å². The Morgan fingerprint density at radius 3 is 2.56 bits per heavy atom. The number of fused-ring (bicyclic) bond motifs is 1. The van der Waals surface area contributed by atoms with Crippen LogP contribution in [-0.4, -0.2) is 49.6 Å². The molecule has 164 valence electrons. The lowest BCUT2D eigenvalue weighted by molar-refractivity contribution is 0.172. The molecule has 0 atom stereocenters. The molecule has 0 N–H and O–H groups in total. The third-order valence-electron chi connectivity index (χ3n) is 5.69. The van der Waals surface area contributed by atoms with Gasteiger partial charge >= 0.3 is 6.01 Å². The average Bonchev–Trinajstić information content (AvgIpc) is 3.11. The molecule has 1 aliphatic heterocycles. The Bertz CT molecular complexity index is 1300. The average molecular weight is 436 g/mol. The molecule has 1 fully saturated rings. The fourth-order valence-corrected chi connectivity index (χ4v) is 3.89. The highest BCUT2D eigenvalue weighted by Gasteiger charge is 2.20. The molecule has 7 nitrogen and oxygen atoms in total. The van der Waals surface area contributed by atoms with Crippen LogP contribution in [0.1, 0.15) is 23.2 Å². The zero-order valence-electron chi connectivity index (χ0n) is 17.8. The lowest BCUT2D eigenvalue weighted by Crippen LogP contribution is -2.36. The number of hydrogen-bond acceptors (Lipinski definition) is 6. The number of benzene rings is 1. The minimum atomic E-state index is -0.483. The second-order valence-corrected chi connectivity index (χ2v) is 7.94. The lowest BCUT2D eigenvalue weighted by Gasteiger charge is -2.30. The summed E-state index contributed by atoms with van der Waals surface area (Å²) in [4.78, 5) is 19.6. The molecule has 1 aliphatic rings. The molecule has 0 radical (unpaired) electrons. The summed E-state index contributed by atoms with van der Waals surface area (Å²) in [6.45, 7) is 4.81. The van der Waals surface area contributed by atoms with Crippen molar-refractivity contribution in [1.82, 2.24) is 29.4 Å². The van der Waals surface area contributed by atoms with E-state index >= 15 is 4.39 Å². The van der Waals surface area contributed by atoms with Gasteiger partial charge in [0.15, 0.2) is 5.65 Å². The maximum absolute atomic E-state index is 15.1. The maximum Gasteiger partial charge on any atom is 0.318 e. The third-order valence-corrected chi connectivity index (χ3v) is 5.69. The maximum atomic E-state index is 15.1. The van der Waals surface area contributed by atoms with Gasteiger partial charge in [0.1, 0.15) is 23.0 Å².